The Kier molecular flexibility index (Phi) is 7.99. The molecule has 0 aromatic heterocycles. The van der Waals surface area contributed by atoms with Gasteiger partial charge >= 0.3 is 6.03 Å². The molecule has 1 saturated carbocycles. The molecule has 0 spiro atoms. The lowest BCUT2D eigenvalue weighted by Crippen LogP contribution is -2.39. The van der Waals surface area contributed by atoms with Crippen LogP contribution in [-0.4, -0.2) is 42.6 Å². The van der Waals surface area contributed by atoms with Crippen LogP contribution in [0.15, 0.2) is 29.3 Å². The Morgan fingerprint density at radius 1 is 1.31 bits per heavy atom. The SMILES string of the molecule is CCNC(=NCc1cccc(NC(=O)N2CCCC2)c1)NC1CC1C.I. The fourth-order valence-electron chi connectivity index (χ4n) is 3.06. The van der Waals surface area contributed by atoms with Gasteiger partial charge in [0.1, 0.15) is 0 Å². The summed E-state index contributed by atoms with van der Waals surface area (Å²) >= 11 is 0. The van der Waals surface area contributed by atoms with Crippen LogP contribution >= 0.6 is 24.0 Å². The van der Waals surface area contributed by atoms with Crippen LogP contribution in [0.3, 0.4) is 0 Å². The van der Waals surface area contributed by atoms with E-state index in [9.17, 15) is 4.79 Å². The molecular weight excluding hydrogens is 441 g/mol. The van der Waals surface area contributed by atoms with Gasteiger partial charge in [-0.25, -0.2) is 9.79 Å². The lowest BCUT2D eigenvalue weighted by atomic mass is 10.2. The molecular formula is C19H30IN5O. The Bertz CT molecular complexity index is 630. The average molecular weight is 471 g/mol. The summed E-state index contributed by atoms with van der Waals surface area (Å²) in [5, 5.41) is 9.74. The van der Waals surface area contributed by atoms with E-state index in [-0.39, 0.29) is 30.0 Å². The van der Waals surface area contributed by atoms with Crippen LogP contribution < -0.4 is 16.0 Å². The minimum Gasteiger partial charge on any atom is -0.357 e. The highest BCUT2D eigenvalue weighted by atomic mass is 127. The van der Waals surface area contributed by atoms with Crippen LogP contribution in [-0.2, 0) is 6.54 Å². The predicted molar refractivity (Wildman–Crippen MR) is 117 cm³/mol. The number of aliphatic imine (C=N–C) groups is 1. The highest BCUT2D eigenvalue weighted by Crippen LogP contribution is 2.28. The zero-order valence-corrected chi connectivity index (χ0v) is 18.0. The number of likely N-dealkylation sites (tertiary alicyclic amines) is 1. The van der Waals surface area contributed by atoms with Crippen molar-refractivity contribution in [3.05, 3.63) is 29.8 Å². The van der Waals surface area contributed by atoms with Crippen LogP contribution in [0.4, 0.5) is 10.5 Å². The number of urea groups is 1. The Hall–Kier alpha value is -1.51. The molecule has 1 aromatic carbocycles. The second-order valence-electron chi connectivity index (χ2n) is 6.98. The number of nitrogens with one attached hydrogen (secondary N) is 3. The van der Waals surface area contributed by atoms with Gasteiger partial charge in [-0.05, 0) is 49.8 Å². The molecule has 7 heteroatoms. The smallest absolute Gasteiger partial charge is 0.321 e. The number of benzene rings is 1. The second kappa shape index (κ2) is 9.99. The number of carbonyl (C=O) groups excluding carboxylic acids is 1. The second-order valence-corrected chi connectivity index (χ2v) is 6.98. The zero-order valence-electron chi connectivity index (χ0n) is 15.6. The molecule has 26 heavy (non-hydrogen) atoms. The summed E-state index contributed by atoms with van der Waals surface area (Å²) in [5.74, 6) is 1.59. The summed E-state index contributed by atoms with van der Waals surface area (Å²) in [4.78, 5) is 18.7. The predicted octanol–water partition coefficient (Wildman–Crippen LogP) is 3.40. The van der Waals surface area contributed by atoms with Crippen LogP contribution in [0.25, 0.3) is 0 Å². The number of nitrogens with zero attached hydrogens (tertiary/aromatic N) is 2. The summed E-state index contributed by atoms with van der Waals surface area (Å²) in [6.07, 6.45) is 3.41. The average Bonchev–Trinajstić information content (AvgIpc) is 3.07. The molecule has 6 nitrogen and oxygen atoms in total. The molecule has 1 aliphatic heterocycles. The van der Waals surface area contributed by atoms with E-state index in [1.165, 1.54) is 6.42 Å². The van der Waals surface area contributed by atoms with Gasteiger partial charge in [0.2, 0.25) is 0 Å². The lowest BCUT2D eigenvalue weighted by Gasteiger charge is -2.16. The summed E-state index contributed by atoms with van der Waals surface area (Å²) < 4.78 is 0. The fourth-order valence-corrected chi connectivity index (χ4v) is 3.06. The van der Waals surface area contributed by atoms with Gasteiger partial charge in [-0.15, -0.1) is 24.0 Å². The number of rotatable bonds is 5. The van der Waals surface area contributed by atoms with Gasteiger partial charge in [-0.1, -0.05) is 19.1 Å². The van der Waals surface area contributed by atoms with Crippen molar-refractivity contribution in [2.24, 2.45) is 10.9 Å². The van der Waals surface area contributed by atoms with Crippen molar-refractivity contribution < 1.29 is 4.79 Å². The summed E-state index contributed by atoms with van der Waals surface area (Å²) in [5.41, 5.74) is 1.92. The van der Waals surface area contributed by atoms with Gasteiger partial charge < -0.3 is 20.9 Å². The molecule has 1 aromatic rings. The molecule has 3 rings (SSSR count). The van der Waals surface area contributed by atoms with Crippen molar-refractivity contribution in [3.63, 3.8) is 0 Å². The van der Waals surface area contributed by atoms with Crippen LogP contribution in [0.5, 0.6) is 0 Å². The molecule has 0 radical (unpaired) electrons. The molecule has 1 saturated heterocycles. The van der Waals surface area contributed by atoms with Crippen LogP contribution in [0.1, 0.15) is 38.7 Å². The first-order valence-electron chi connectivity index (χ1n) is 9.35. The van der Waals surface area contributed by atoms with E-state index in [0.717, 1.165) is 55.6 Å². The van der Waals surface area contributed by atoms with E-state index in [4.69, 9.17) is 0 Å². The van der Waals surface area contributed by atoms with Gasteiger partial charge in [0.05, 0.1) is 6.54 Å². The van der Waals surface area contributed by atoms with Gasteiger partial charge in [-0.2, -0.15) is 0 Å². The third kappa shape index (κ3) is 6.03. The topological polar surface area (TPSA) is 68.8 Å². The summed E-state index contributed by atoms with van der Waals surface area (Å²) in [7, 11) is 0. The molecule has 2 fully saturated rings. The standard InChI is InChI=1S/C19H29N5O.HI/c1-3-20-18(23-17-11-14(17)2)21-13-15-7-6-8-16(12-15)22-19(25)24-9-4-5-10-24;/h6-8,12,14,17H,3-5,9-11,13H2,1-2H3,(H,22,25)(H2,20,21,23);1H. The monoisotopic (exact) mass is 471 g/mol. The number of hydrogen-bond acceptors (Lipinski definition) is 2. The fraction of sp³-hybridized carbons (Fsp3) is 0.579. The number of hydrogen-bond donors (Lipinski definition) is 3. The van der Waals surface area contributed by atoms with Crippen LogP contribution in [0.2, 0.25) is 0 Å². The normalized spacial score (nSPS) is 21.8. The maximum absolute atomic E-state index is 12.2. The molecule has 2 atom stereocenters. The number of amides is 2. The Labute approximate surface area is 173 Å². The Morgan fingerprint density at radius 2 is 2.04 bits per heavy atom. The maximum Gasteiger partial charge on any atom is 0.321 e. The molecule has 2 unspecified atom stereocenters. The minimum absolute atomic E-state index is 0. The van der Waals surface area contributed by atoms with Gasteiger partial charge in [0.15, 0.2) is 5.96 Å². The lowest BCUT2D eigenvalue weighted by molar-refractivity contribution is 0.222. The number of anilines is 1. The summed E-state index contributed by atoms with van der Waals surface area (Å²) in [6.45, 7) is 7.46. The Morgan fingerprint density at radius 3 is 2.69 bits per heavy atom. The van der Waals surface area contributed by atoms with Gasteiger partial charge in [-0.3, -0.25) is 0 Å². The molecule has 144 valence electrons. The first kappa shape index (κ1) is 20.8. The molecule has 2 amide bonds. The van der Waals surface area contributed by atoms with Crippen molar-refractivity contribution in [2.75, 3.05) is 25.0 Å². The van der Waals surface area contributed by atoms with E-state index < -0.39 is 0 Å². The van der Waals surface area contributed by atoms with Crippen molar-refractivity contribution in [2.45, 2.75) is 45.7 Å². The van der Waals surface area contributed by atoms with Crippen molar-refractivity contribution in [3.8, 4) is 0 Å². The largest absolute Gasteiger partial charge is 0.357 e. The van der Waals surface area contributed by atoms with E-state index in [1.807, 2.05) is 29.2 Å². The van der Waals surface area contributed by atoms with E-state index in [2.05, 4.69) is 34.8 Å². The zero-order chi connectivity index (χ0) is 17.6. The first-order chi connectivity index (χ1) is 12.2. The molecule has 2 aliphatic rings. The van der Waals surface area contributed by atoms with Crippen LogP contribution in [0, 0.1) is 5.92 Å². The molecule has 3 N–H and O–H groups in total. The van der Waals surface area contributed by atoms with E-state index >= 15 is 0 Å². The van der Waals surface area contributed by atoms with Crippen molar-refractivity contribution in [1.82, 2.24) is 15.5 Å². The maximum atomic E-state index is 12.2. The molecule has 1 heterocycles. The van der Waals surface area contributed by atoms with Gasteiger partial charge in [0, 0.05) is 31.4 Å². The third-order valence-corrected chi connectivity index (χ3v) is 4.77. The quantitative estimate of drug-likeness (QED) is 0.351. The highest BCUT2D eigenvalue weighted by molar-refractivity contribution is 14.0. The van der Waals surface area contributed by atoms with E-state index in [1.54, 1.807) is 0 Å². The highest BCUT2D eigenvalue weighted by Gasteiger charge is 2.33. The number of carbonyl (C=O) groups is 1. The minimum atomic E-state index is -0.00382. The van der Waals surface area contributed by atoms with Crippen molar-refractivity contribution in [1.29, 1.82) is 0 Å². The number of halogens is 1. The third-order valence-electron chi connectivity index (χ3n) is 4.77. The molecule has 1 aliphatic carbocycles. The van der Waals surface area contributed by atoms with Crippen molar-refractivity contribution >= 4 is 41.7 Å². The first-order valence-corrected chi connectivity index (χ1v) is 9.35. The Balaban J connectivity index is 0.00000243. The molecule has 0 bridgehead atoms. The van der Waals surface area contributed by atoms with E-state index in [0.29, 0.717) is 12.6 Å². The summed E-state index contributed by atoms with van der Waals surface area (Å²) in [6, 6.07) is 8.48. The van der Waals surface area contributed by atoms with Gasteiger partial charge in [0.25, 0.3) is 0 Å². The number of guanidine groups is 1.